The van der Waals surface area contributed by atoms with Crippen LogP contribution in [0.2, 0.25) is 0 Å². The minimum absolute atomic E-state index is 0.0769. The number of hydrogen-bond donors (Lipinski definition) is 1. The second-order valence-electron chi connectivity index (χ2n) is 5.79. The summed E-state index contributed by atoms with van der Waals surface area (Å²) in [6.07, 6.45) is 4.05. The van der Waals surface area contributed by atoms with E-state index in [0.717, 1.165) is 50.2 Å². The van der Waals surface area contributed by atoms with E-state index >= 15 is 0 Å². The zero-order valence-electron chi connectivity index (χ0n) is 13.4. The summed E-state index contributed by atoms with van der Waals surface area (Å²) >= 11 is 0. The van der Waals surface area contributed by atoms with Gasteiger partial charge in [0.25, 0.3) is 0 Å². The summed E-state index contributed by atoms with van der Waals surface area (Å²) in [5, 5.41) is 2.48. The fourth-order valence-corrected chi connectivity index (χ4v) is 2.85. The van der Waals surface area contributed by atoms with E-state index in [1.807, 2.05) is 4.90 Å². The Kier molecular flexibility index (Phi) is 5.07. The molecule has 6 heteroatoms. The Bertz CT molecular complexity index is 794. The van der Waals surface area contributed by atoms with Crippen LogP contribution in [0.3, 0.4) is 0 Å². The fraction of sp³-hybridized carbons (Fsp3) is 0.211. The lowest BCUT2D eigenvalue weighted by molar-refractivity contribution is -0.111. The van der Waals surface area contributed by atoms with Gasteiger partial charge in [-0.15, -0.1) is 0 Å². The van der Waals surface area contributed by atoms with E-state index < -0.39 is 23.4 Å². The molecule has 0 atom stereocenters. The van der Waals surface area contributed by atoms with E-state index in [-0.39, 0.29) is 11.3 Å². The first kappa shape index (κ1) is 17.1. The molecule has 3 nitrogen and oxygen atoms in total. The van der Waals surface area contributed by atoms with E-state index in [9.17, 15) is 18.0 Å². The highest BCUT2D eigenvalue weighted by Gasteiger charge is 2.19. The largest absolute Gasteiger partial charge is 0.370 e. The summed E-state index contributed by atoms with van der Waals surface area (Å²) < 4.78 is 41.3. The van der Waals surface area contributed by atoms with Gasteiger partial charge in [-0.2, -0.15) is 0 Å². The van der Waals surface area contributed by atoms with Gasteiger partial charge in [0.1, 0.15) is 23.1 Å². The van der Waals surface area contributed by atoms with E-state index in [0.29, 0.717) is 5.69 Å². The second kappa shape index (κ2) is 7.42. The number of amides is 1. The minimum atomic E-state index is -0.771. The highest BCUT2D eigenvalue weighted by Crippen LogP contribution is 2.31. The van der Waals surface area contributed by atoms with Crippen LogP contribution in [0.4, 0.5) is 24.5 Å². The van der Waals surface area contributed by atoms with E-state index in [4.69, 9.17) is 0 Å². The molecule has 1 amide bonds. The highest BCUT2D eigenvalue weighted by molar-refractivity contribution is 6.04. The van der Waals surface area contributed by atoms with Crippen LogP contribution in [-0.4, -0.2) is 19.0 Å². The van der Waals surface area contributed by atoms with Gasteiger partial charge in [-0.05, 0) is 43.2 Å². The fourth-order valence-electron chi connectivity index (χ4n) is 2.85. The number of hydrogen-bond acceptors (Lipinski definition) is 2. The number of carbonyl (C=O) groups excluding carboxylic acids is 1. The average molecular weight is 346 g/mol. The maximum atomic E-state index is 14.2. The second-order valence-corrected chi connectivity index (χ2v) is 5.79. The molecule has 1 aliphatic heterocycles. The Morgan fingerprint density at radius 3 is 2.24 bits per heavy atom. The van der Waals surface area contributed by atoms with Gasteiger partial charge in [0.05, 0.1) is 5.69 Å². The molecule has 0 saturated carbocycles. The molecule has 0 unspecified atom stereocenters. The lowest BCUT2D eigenvalue weighted by Crippen LogP contribution is -2.21. The Morgan fingerprint density at radius 1 is 0.960 bits per heavy atom. The van der Waals surface area contributed by atoms with Gasteiger partial charge in [-0.25, -0.2) is 13.2 Å². The maximum Gasteiger partial charge on any atom is 0.248 e. The lowest BCUT2D eigenvalue weighted by atomic mass is 10.2. The van der Waals surface area contributed by atoms with Crippen LogP contribution in [0.15, 0.2) is 42.5 Å². The third-order valence-corrected chi connectivity index (χ3v) is 4.09. The molecule has 1 fully saturated rings. The molecule has 0 aromatic heterocycles. The van der Waals surface area contributed by atoms with Gasteiger partial charge in [0, 0.05) is 24.7 Å². The number of anilines is 2. The van der Waals surface area contributed by atoms with Crippen LogP contribution in [0, 0.1) is 17.5 Å². The maximum absolute atomic E-state index is 14.2. The molecule has 1 N–H and O–H groups in total. The van der Waals surface area contributed by atoms with Crippen molar-refractivity contribution in [1.29, 1.82) is 0 Å². The first-order valence-electron chi connectivity index (χ1n) is 8.03. The smallest absolute Gasteiger partial charge is 0.248 e. The average Bonchev–Trinajstić information content (AvgIpc) is 3.10. The van der Waals surface area contributed by atoms with Crippen molar-refractivity contribution in [3.63, 3.8) is 0 Å². The predicted molar refractivity (Wildman–Crippen MR) is 91.9 cm³/mol. The van der Waals surface area contributed by atoms with Crippen LogP contribution >= 0.6 is 0 Å². The monoisotopic (exact) mass is 346 g/mol. The number of halogens is 3. The summed E-state index contributed by atoms with van der Waals surface area (Å²) in [6.45, 7) is 1.59. The van der Waals surface area contributed by atoms with Crippen molar-refractivity contribution in [2.45, 2.75) is 12.8 Å². The Balaban J connectivity index is 1.80. The van der Waals surface area contributed by atoms with Crippen molar-refractivity contribution in [3.05, 3.63) is 65.5 Å². The van der Waals surface area contributed by atoms with Crippen molar-refractivity contribution >= 4 is 23.4 Å². The third-order valence-electron chi connectivity index (χ3n) is 4.09. The van der Waals surface area contributed by atoms with Crippen LogP contribution in [0.25, 0.3) is 6.08 Å². The Hall–Kier alpha value is -2.76. The molecular weight excluding hydrogens is 329 g/mol. The van der Waals surface area contributed by atoms with Gasteiger partial charge in [0.15, 0.2) is 0 Å². The molecule has 3 rings (SSSR count). The molecule has 1 heterocycles. The molecule has 2 aromatic carbocycles. The Labute approximate surface area is 143 Å². The molecule has 0 radical (unpaired) electrons. The van der Waals surface area contributed by atoms with Crippen molar-refractivity contribution in [2.75, 3.05) is 23.3 Å². The summed E-state index contributed by atoms with van der Waals surface area (Å²) in [7, 11) is 0. The minimum Gasteiger partial charge on any atom is -0.370 e. The van der Waals surface area contributed by atoms with E-state index in [2.05, 4.69) is 5.32 Å². The van der Waals surface area contributed by atoms with Crippen molar-refractivity contribution in [3.8, 4) is 0 Å². The molecule has 0 aliphatic carbocycles. The number of benzene rings is 2. The standard InChI is InChI=1S/C19H17F3N2O/c20-14-5-3-6-15(21)13(14)9-10-18(25)23-19-16(22)7-4-8-17(19)24-11-1-2-12-24/h3-10H,1-2,11-12H2,(H,23,25)/b10-9+. The zero-order valence-corrected chi connectivity index (χ0v) is 13.4. The van der Waals surface area contributed by atoms with Gasteiger partial charge in [-0.1, -0.05) is 12.1 Å². The van der Waals surface area contributed by atoms with Gasteiger partial charge < -0.3 is 10.2 Å². The number of carbonyl (C=O) groups is 1. The van der Waals surface area contributed by atoms with E-state index in [1.165, 1.54) is 12.1 Å². The molecule has 2 aromatic rings. The lowest BCUT2D eigenvalue weighted by Gasteiger charge is -2.21. The Morgan fingerprint density at radius 2 is 1.56 bits per heavy atom. The summed E-state index contributed by atoms with van der Waals surface area (Å²) in [5.74, 6) is -2.75. The molecule has 0 bridgehead atoms. The molecule has 130 valence electrons. The topological polar surface area (TPSA) is 32.3 Å². The van der Waals surface area contributed by atoms with Crippen LogP contribution in [-0.2, 0) is 4.79 Å². The van der Waals surface area contributed by atoms with Gasteiger partial charge in [0.2, 0.25) is 5.91 Å². The number of para-hydroxylation sites is 1. The molecule has 1 aliphatic rings. The quantitative estimate of drug-likeness (QED) is 0.835. The molecular formula is C19H17F3N2O. The van der Waals surface area contributed by atoms with Gasteiger partial charge >= 0.3 is 0 Å². The number of nitrogens with one attached hydrogen (secondary N) is 1. The first-order chi connectivity index (χ1) is 12.1. The van der Waals surface area contributed by atoms with Crippen LogP contribution in [0.1, 0.15) is 18.4 Å². The number of rotatable bonds is 4. The summed E-state index contributed by atoms with van der Waals surface area (Å²) in [4.78, 5) is 14.1. The van der Waals surface area contributed by atoms with Crippen LogP contribution in [0.5, 0.6) is 0 Å². The highest BCUT2D eigenvalue weighted by atomic mass is 19.1. The van der Waals surface area contributed by atoms with Crippen molar-refractivity contribution in [2.24, 2.45) is 0 Å². The molecule has 25 heavy (non-hydrogen) atoms. The van der Waals surface area contributed by atoms with Gasteiger partial charge in [-0.3, -0.25) is 4.79 Å². The van der Waals surface area contributed by atoms with Crippen molar-refractivity contribution in [1.82, 2.24) is 0 Å². The zero-order chi connectivity index (χ0) is 17.8. The normalized spacial score (nSPS) is 14.3. The summed E-state index contributed by atoms with van der Waals surface area (Å²) in [6, 6.07) is 8.03. The third kappa shape index (κ3) is 3.84. The van der Waals surface area contributed by atoms with Crippen LogP contribution < -0.4 is 10.2 Å². The SMILES string of the molecule is O=C(/C=C/c1c(F)cccc1F)Nc1c(F)cccc1N1CCCC1. The predicted octanol–water partition coefficient (Wildman–Crippen LogP) is 4.36. The molecule has 0 spiro atoms. The first-order valence-corrected chi connectivity index (χ1v) is 8.03. The number of nitrogens with zero attached hydrogens (tertiary/aromatic N) is 1. The molecule has 1 saturated heterocycles. The van der Waals surface area contributed by atoms with E-state index in [1.54, 1.807) is 12.1 Å². The summed E-state index contributed by atoms with van der Waals surface area (Å²) in [5.41, 5.74) is 0.371. The van der Waals surface area contributed by atoms with Crippen molar-refractivity contribution < 1.29 is 18.0 Å².